The molecule has 0 radical (unpaired) electrons. The molecule has 0 fully saturated rings. The molecule has 7 nitrogen and oxygen atoms in total. The molecule has 0 aliphatic carbocycles. The van der Waals surface area contributed by atoms with Gasteiger partial charge in [0.25, 0.3) is 0 Å². The fourth-order valence-corrected chi connectivity index (χ4v) is 1.70. The zero-order chi connectivity index (χ0) is 18.9. The fourth-order valence-electron chi connectivity index (χ4n) is 1.70. The van der Waals surface area contributed by atoms with Gasteiger partial charge in [-0.1, -0.05) is 6.07 Å². The summed E-state index contributed by atoms with van der Waals surface area (Å²) in [5, 5.41) is 11.4. The Morgan fingerprint density at radius 1 is 1.24 bits per heavy atom. The second-order valence-electron chi connectivity index (χ2n) is 6.19. The number of carbonyl (C=O) groups is 2. The molecule has 0 bridgehead atoms. The van der Waals surface area contributed by atoms with Crippen molar-refractivity contribution in [3.8, 4) is 5.75 Å². The topological polar surface area (TPSA) is 94.1 Å². The molecule has 1 aromatic rings. The zero-order valence-corrected chi connectivity index (χ0v) is 14.6. The lowest BCUT2D eigenvalue weighted by Crippen LogP contribution is -2.34. The minimum absolute atomic E-state index is 0.0619. The van der Waals surface area contributed by atoms with E-state index >= 15 is 0 Å². The molecular formula is C17H24FNO6. The van der Waals surface area contributed by atoms with E-state index in [4.69, 9.17) is 19.3 Å². The Labute approximate surface area is 146 Å². The fraction of sp³-hybridized carbons (Fsp3) is 0.529. The maximum Gasteiger partial charge on any atom is 0.407 e. The van der Waals surface area contributed by atoms with Gasteiger partial charge in [0.05, 0.1) is 26.2 Å². The molecule has 8 heteroatoms. The van der Waals surface area contributed by atoms with E-state index in [1.165, 1.54) is 12.1 Å². The SMILES string of the molecule is CC(C)(C)OC(=O)NCCOCCC(=O)Oc1ccc(CO)cc1F. The predicted molar refractivity (Wildman–Crippen MR) is 87.6 cm³/mol. The Morgan fingerprint density at radius 3 is 2.56 bits per heavy atom. The molecule has 1 aromatic carbocycles. The van der Waals surface area contributed by atoms with Gasteiger partial charge >= 0.3 is 12.1 Å². The average Bonchev–Trinajstić information content (AvgIpc) is 2.51. The quantitative estimate of drug-likeness (QED) is 0.421. The molecule has 0 saturated carbocycles. The van der Waals surface area contributed by atoms with Crippen molar-refractivity contribution in [3.63, 3.8) is 0 Å². The molecule has 0 aromatic heterocycles. The van der Waals surface area contributed by atoms with E-state index in [1.807, 2.05) is 0 Å². The number of aliphatic hydroxyl groups is 1. The lowest BCUT2D eigenvalue weighted by Gasteiger charge is -2.19. The van der Waals surface area contributed by atoms with Gasteiger partial charge in [0.2, 0.25) is 0 Å². The molecule has 0 spiro atoms. The number of aliphatic hydroxyl groups excluding tert-OH is 1. The largest absolute Gasteiger partial charge is 0.444 e. The normalized spacial score (nSPS) is 11.1. The third kappa shape index (κ3) is 9.02. The van der Waals surface area contributed by atoms with Crippen LogP contribution < -0.4 is 10.1 Å². The van der Waals surface area contributed by atoms with Gasteiger partial charge in [-0.2, -0.15) is 0 Å². The van der Waals surface area contributed by atoms with E-state index in [9.17, 15) is 14.0 Å². The lowest BCUT2D eigenvalue weighted by molar-refractivity contribution is -0.135. The van der Waals surface area contributed by atoms with Crippen molar-refractivity contribution in [3.05, 3.63) is 29.6 Å². The number of halogens is 1. The molecule has 0 aliphatic rings. The second kappa shape index (κ2) is 9.95. The highest BCUT2D eigenvalue weighted by atomic mass is 19.1. The first-order valence-corrected chi connectivity index (χ1v) is 7.86. The lowest BCUT2D eigenvalue weighted by atomic mass is 10.2. The number of hydrogen-bond acceptors (Lipinski definition) is 6. The van der Waals surface area contributed by atoms with Crippen LogP contribution in [0.4, 0.5) is 9.18 Å². The van der Waals surface area contributed by atoms with Crippen molar-refractivity contribution in [2.45, 2.75) is 39.4 Å². The maximum atomic E-state index is 13.6. The van der Waals surface area contributed by atoms with E-state index in [2.05, 4.69) is 5.32 Å². The Bertz CT molecular complexity index is 585. The van der Waals surface area contributed by atoms with Crippen molar-refractivity contribution in [1.82, 2.24) is 5.32 Å². The van der Waals surface area contributed by atoms with E-state index in [-0.39, 0.29) is 38.5 Å². The molecule has 1 amide bonds. The van der Waals surface area contributed by atoms with Crippen molar-refractivity contribution < 1.29 is 33.3 Å². The summed E-state index contributed by atoms with van der Waals surface area (Å²) in [6.07, 6.45) is -0.606. The molecule has 1 rings (SSSR count). The van der Waals surface area contributed by atoms with E-state index in [0.29, 0.717) is 5.56 Å². The van der Waals surface area contributed by atoms with Crippen LogP contribution in [0.1, 0.15) is 32.8 Å². The molecule has 25 heavy (non-hydrogen) atoms. The number of hydrogen-bond donors (Lipinski definition) is 2. The third-order valence-corrected chi connectivity index (χ3v) is 2.77. The molecule has 0 heterocycles. The zero-order valence-electron chi connectivity index (χ0n) is 14.6. The molecule has 2 N–H and O–H groups in total. The molecule has 0 saturated heterocycles. The number of nitrogens with one attached hydrogen (secondary N) is 1. The van der Waals surface area contributed by atoms with Gasteiger partial charge in [0.15, 0.2) is 11.6 Å². The highest BCUT2D eigenvalue weighted by molar-refractivity contribution is 5.72. The summed E-state index contributed by atoms with van der Waals surface area (Å²) in [5.74, 6) is -1.56. The van der Waals surface area contributed by atoms with Crippen molar-refractivity contribution in [1.29, 1.82) is 0 Å². The van der Waals surface area contributed by atoms with Crippen LogP contribution in [-0.2, 0) is 20.9 Å². The number of ether oxygens (including phenoxy) is 3. The first-order chi connectivity index (χ1) is 11.7. The van der Waals surface area contributed by atoms with Crippen LogP contribution in [0.3, 0.4) is 0 Å². The third-order valence-electron chi connectivity index (χ3n) is 2.77. The van der Waals surface area contributed by atoms with Gasteiger partial charge in [-0.3, -0.25) is 4.79 Å². The highest BCUT2D eigenvalue weighted by Crippen LogP contribution is 2.18. The summed E-state index contributed by atoms with van der Waals surface area (Å²) in [4.78, 5) is 23.0. The summed E-state index contributed by atoms with van der Waals surface area (Å²) < 4.78 is 28.7. The van der Waals surface area contributed by atoms with Crippen molar-refractivity contribution >= 4 is 12.1 Å². The Kier molecular flexibility index (Phi) is 8.30. The summed E-state index contributed by atoms with van der Waals surface area (Å²) >= 11 is 0. The summed E-state index contributed by atoms with van der Waals surface area (Å²) in [6.45, 7) is 5.49. The monoisotopic (exact) mass is 357 g/mol. The van der Waals surface area contributed by atoms with Crippen LogP contribution in [0.5, 0.6) is 5.75 Å². The summed E-state index contributed by atoms with van der Waals surface area (Å²) in [7, 11) is 0. The highest BCUT2D eigenvalue weighted by Gasteiger charge is 2.15. The van der Waals surface area contributed by atoms with Crippen LogP contribution in [0.25, 0.3) is 0 Å². The number of alkyl carbamates (subject to hydrolysis) is 1. The van der Waals surface area contributed by atoms with Gasteiger partial charge in [0.1, 0.15) is 5.60 Å². The predicted octanol–water partition coefficient (Wildman–Crippen LogP) is 2.15. The second-order valence-corrected chi connectivity index (χ2v) is 6.19. The summed E-state index contributed by atoms with van der Waals surface area (Å²) in [6, 6.07) is 3.84. The smallest absolute Gasteiger partial charge is 0.407 e. The average molecular weight is 357 g/mol. The first-order valence-electron chi connectivity index (χ1n) is 7.86. The summed E-state index contributed by atoms with van der Waals surface area (Å²) in [5.41, 5.74) is -0.183. The molecule has 140 valence electrons. The van der Waals surface area contributed by atoms with Gasteiger partial charge < -0.3 is 24.6 Å². The Hall–Kier alpha value is -2.19. The van der Waals surface area contributed by atoms with Crippen LogP contribution in [0, 0.1) is 5.82 Å². The van der Waals surface area contributed by atoms with E-state index in [1.54, 1.807) is 20.8 Å². The number of carbonyl (C=O) groups excluding carboxylic acids is 2. The maximum absolute atomic E-state index is 13.6. The van der Waals surface area contributed by atoms with Crippen LogP contribution in [0.2, 0.25) is 0 Å². The van der Waals surface area contributed by atoms with Crippen LogP contribution in [0.15, 0.2) is 18.2 Å². The van der Waals surface area contributed by atoms with Crippen LogP contribution >= 0.6 is 0 Å². The van der Waals surface area contributed by atoms with Crippen molar-refractivity contribution in [2.75, 3.05) is 19.8 Å². The number of esters is 1. The number of benzene rings is 1. The van der Waals surface area contributed by atoms with Crippen LogP contribution in [-0.4, -0.2) is 42.5 Å². The van der Waals surface area contributed by atoms with E-state index < -0.39 is 23.5 Å². The molecule has 0 aliphatic heterocycles. The molecule has 0 atom stereocenters. The number of rotatable bonds is 8. The van der Waals surface area contributed by atoms with Gasteiger partial charge in [0, 0.05) is 6.54 Å². The number of amides is 1. The minimum Gasteiger partial charge on any atom is -0.444 e. The molecular weight excluding hydrogens is 333 g/mol. The molecule has 0 unspecified atom stereocenters. The van der Waals surface area contributed by atoms with Gasteiger partial charge in [-0.05, 0) is 38.5 Å². The first kappa shape index (κ1) is 20.9. The van der Waals surface area contributed by atoms with Gasteiger partial charge in [-0.15, -0.1) is 0 Å². The Morgan fingerprint density at radius 2 is 1.96 bits per heavy atom. The minimum atomic E-state index is -0.720. The Balaban J connectivity index is 2.18. The standard InChI is InChI=1S/C17H24FNO6/c1-17(2,3)25-16(22)19-7-9-23-8-6-15(21)24-14-5-4-12(11-20)10-13(14)18/h4-5,10,20H,6-9,11H2,1-3H3,(H,19,22). The van der Waals surface area contributed by atoms with Gasteiger partial charge in [-0.25, -0.2) is 9.18 Å². The van der Waals surface area contributed by atoms with E-state index in [0.717, 1.165) is 6.07 Å². The van der Waals surface area contributed by atoms with Crippen molar-refractivity contribution in [2.24, 2.45) is 0 Å².